The van der Waals surface area contributed by atoms with E-state index >= 15 is 0 Å². The number of rotatable bonds is 2. The number of ketones is 2. The van der Waals surface area contributed by atoms with Gasteiger partial charge in [0.05, 0.1) is 0 Å². The van der Waals surface area contributed by atoms with E-state index < -0.39 is 5.60 Å². The van der Waals surface area contributed by atoms with E-state index in [1.807, 2.05) is 54.6 Å². The Bertz CT molecular complexity index is 853. The lowest BCUT2D eigenvalue weighted by Gasteiger charge is -2.31. The summed E-state index contributed by atoms with van der Waals surface area (Å²) in [7, 11) is 0. The molecule has 1 saturated heterocycles. The molecule has 1 aliphatic heterocycles. The van der Waals surface area contributed by atoms with Gasteiger partial charge < -0.3 is 4.74 Å². The molecule has 0 unspecified atom stereocenters. The molecule has 0 bridgehead atoms. The molecule has 0 aromatic heterocycles. The summed E-state index contributed by atoms with van der Waals surface area (Å²) in [5, 5.41) is 0. The van der Waals surface area contributed by atoms with Crippen molar-refractivity contribution in [1.29, 1.82) is 0 Å². The first-order valence-corrected chi connectivity index (χ1v) is 8.23. The standard InChI is InChI=1S/C21H18O3/c1-14(22)15-7-9-16(10-8-15)19-13-21(11-4-12-24-21)20(23)18-6-3-2-5-17(18)19/h2-3,5-10,13H,4,11-12H2,1H3/t21-/m1/s1. The summed E-state index contributed by atoms with van der Waals surface area (Å²) < 4.78 is 5.88. The molecule has 0 N–H and O–H groups in total. The van der Waals surface area contributed by atoms with Crippen LogP contribution >= 0.6 is 0 Å². The lowest BCUT2D eigenvalue weighted by molar-refractivity contribution is 0.0351. The summed E-state index contributed by atoms with van der Waals surface area (Å²) in [5.41, 5.74) is 3.50. The van der Waals surface area contributed by atoms with Crippen LogP contribution in [0.5, 0.6) is 0 Å². The zero-order valence-electron chi connectivity index (χ0n) is 13.5. The first-order chi connectivity index (χ1) is 11.6. The number of benzene rings is 2. The Morgan fingerprint density at radius 3 is 2.38 bits per heavy atom. The van der Waals surface area contributed by atoms with Crippen molar-refractivity contribution in [3.63, 3.8) is 0 Å². The Morgan fingerprint density at radius 1 is 1.04 bits per heavy atom. The van der Waals surface area contributed by atoms with Crippen molar-refractivity contribution in [1.82, 2.24) is 0 Å². The van der Waals surface area contributed by atoms with Crippen LogP contribution in [0.15, 0.2) is 54.6 Å². The number of Topliss-reactive ketones (excluding diaryl/α,β-unsaturated/α-hetero) is 2. The van der Waals surface area contributed by atoms with Gasteiger partial charge in [-0.3, -0.25) is 9.59 Å². The van der Waals surface area contributed by atoms with Gasteiger partial charge in [-0.05, 0) is 42.5 Å². The fourth-order valence-corrected chi connectivity index (χ4v) is 3.60. The Kier molecular flexibility index (Phi) is 3.47. The molecule has 24 heavy (non-hydrogen) atoms. The lowest BCUT2D eigenvalue weighted by Crippen LogP contribution is -2.39. The minimum atomic E-state index is -0.830. The second-order valence-electron chi connectivity index (χ2n) is 6.41. The highest BCUT2D eigenvalue weighted by Gasteiger charge is 2.45. The molecule has 2 aromatic rings. The van der Waals surface area contributed by atoms with E-state index in [-0.39, 0.29) is 11.6 Å². The maximum absolute atomic E-state index is 12.9. The summed E-state index contributed by atoms with van der Waals surface area (Å²) in [6, 6.07) is 15.2. The molecule has 1 heterocycles. The minimum absolute atomic E-state index is 0.0466. The van der Waals surface area contributed by atoms with E-state index in [4.69, 9.17) is 4.74 Å². The summed E-state index contributed by atoms with van der Waals surface area (Å²) >= 11 is 0. The fourth-order valence-electron chi connectivity index (χ4n) is 3.60. The summed E-state index contributed by atoms with van der Waals surface area (Å²) in [4.78, 5) is 24.4. The van der Waals surface area contributed by atoms with Crippen LogP contribution in [-0.4, -0.2) is 23.8 Å². The average molecular weight is 318 g/mol. The van der Waals surface area contributed by atoms with Crippen LogP contribution < -0.4 is 0 Å². The largest absolute Gasteiger partial charge is 0.363 e. The van der Waals surface area contributed by atoms with Crippen LogP contribution in [0.3, 0.4) is 0 Å². The SMILES string of the molecule is CC(=O)c1ccc(C2=C[C@]3(CCCO3)C(=O)c3ccccc32)cc1. The molecule has 0 amide bonds. The van der Waals surface area contributed by atoms with Crippen LogP contribution in [-0.2, 0) is 4.74 Å². The van der Waals surface area contributed by atoms with E-state index in [2.05, 4.69) is 0 Å². The van der Waals surface area contributed by atoms with Crippen molar-refractivity contribution >= 4 is 17.1 Å². The second kappa shape index (κ2) is 5.53. The molecular weight excluding hydrogens is 300 g/mol. The molecule has 120 valence electrons. The molecule has 0 saturated carbocycles. The van der Waals surface area contributed by atoms with Crippen LogP contribution in [0.2, 0.25) is 0 Å². The predicted octanol–water partition coefficient (Wildman–Crippen LogP) is 4.07. The smallest absolute Gasteiger partial charge is 0.199 e. The van der Waals surface area contributed by atoms with Crippen LogP contribution in [0.1, 0.15) is 51.6 Å². The number of ether oxygens (including phenoxy) is 1. The third-order valence-corrected chi connectivity index (χ3v) is 4.88. The molecule has 1 fully saturated rings. The number of hydrogen-bond acceptors (Lipinski definition) is 3. The monoisotopic (exact) mass is 318 g/mol. The van der Waals surface area contributed by atoms with Gasteiger partial charge in [0.1, 0.15) is 5.60 Å². The first-order valence-electron chi connectivity index (χ1n) is 8.23. The second-order valence-corrected chi connectivity index (χ2v) is 6.41. The van der Waals surface area contributed by atoms with Crippen molar-refractivity contribution in [3.05, 3.63) is 76.9 Å². The lowest BCUT2D eigenvalue weighted by atomic mass is 9.77. The van der Waals surface area contributed by atoms with Gasteiger partial charge in [0.25, 0.3) is 0 Å². The van der Waals surface area contributed by atoms with Gasteiger partial charge >= 0.3 is 0 Å². The zero-order chi connectivity index (χ0) is 16.7. The molecule has 2 aliphatic rings. The zero-order valence-corrected chi connectivity index (χ0v) is 13.5. The Morgan fingerprint density at radius 2 is 1.75 bits per heavy atom. The Labute approximate surface area is 141 Å². The number of carbonyl (C=O) groups excluding carboxylic acids is 2. The maximum atomic E-state index is 12.9. The molecule has 3 heteroatoms. The highest BCUT2D eigenvalue weighted by atomic mass is 16.5. The normalized spacial score (nSPS) is 22.4. The average Bonchev–Trinajstić information content (AvgIpc) is 3.08. The highest BCUT2D eigenvalue weighted by Crippen LogP contribution is 2.41. The van der Waals surface area contributed by atoms with Crippen molar-refractivity contribution in [2.75, 3.05) is 6.61 Å². The van der Waals surface area contributed by atoms with E-state index in [1.165, 1.54) is 0 Å². The highest BCUT2D eigenvalue weighted by molar-refractivity contribution is 6.12. The van der Waals surface area contributed by atoms with Gasteiger partial charge in [-0.25, -0.2) is 0 Å². The Balaban J connectivity index is 1.88. The molecule has 1 aliphatic carbocycles. The maximum Gasteiger partial charge on any atom is 0.199 e. The third-order valence-electron chi connectivity index (χ3n) is 4.88. The van der Waals surface area contributed by atoms with E-state index in [1.54, 1.807) is 6.92 Å². The van der Waals surface area contributed by atoms with Gasteiger partial charge in [-0.2, -0.15) is 0 Å². The van der Waals surface area contributed by atoms with Gasteiger partial charge in [0, 0.05) is 17.7 Å². The summed E-state index contributed by atoms with van der Waals surface area (Å²) in [5.74, 6) is 0.102. The number of carbonyl (C=O) groups is 2. The van der Waals surface area contributed by atoms with Gasteiger partial charge in [-0.15, -0.1) is 0 Å². The quantitative estimate of drug-likeness (QED) is 0.784. The van der Waals surface area contributed by atoms with Gasteiger partial charge in [0.2, 0.25) is 0 Å². The third kappa shape index (κ3) is 2.24. The predicted molar refractivity (Wildman–Crippen MR) is 92.2 cm³/mol. The van der Waals surface area contributed by atoms with Crippen molar-refractivity contribution in [2.45, 2.75) is 25.4 Å². The van der Waals surface area contributed by atoms with Crippen LogP contribution in [0, 0.1) is 0 Å². The molecule has 1 spiro atoms. The van der Waals surface area contributed by atoms with Gasteiger partial charge in [-0.1, -0.05) is 48.5 Å². The fraction of sp³-hybridized carbons (Fsp3) is 0.238. The molecule has 1 atom stereocenters. The molecule has 0 radical (unpaired) electrons. The van der Waals surface area contributed by atoms with Gasteiger partial charge in [0.15, 0.2) is 11.6 Å². The number of fused-ring (bicyclic) bond motifs is 1. The number of hydrogen-bond donors (Lipinski definition) is 0. The van der Waals surface area contributed by atoms with Crippen molar-refractivity contribution in [3.8, 4) is 0 Å². The topological polar surface area (TPSA) is 43.4 Å². The molecular formula is C21H18O3. The summed E-state index contributed by atoms with van der Waals surface area (Å²) in [6.07, 6.45) is 3.59. The summed E-state index contributed by atoms with van der Waals surface area (Å²) in [6.45, 7) is 2.17. The van der Waals surface area contributed by atoms with E-state index in [0.717, 1.165) is 29.5 Å². The van der Waals surface area contributed by atoms with Crippen LogP contribution in [0.4, 0.5) is 0 Å². The van der Waals surface area contributed by atoms with Crippen molar-refractivity contribution in [2.24, 2.45) is 0 Å². The Hall–Kier alpha value is -2.52. The molecule has 4 rings (SSSR count). The van der Waals surface area contributed by atoms with Crippen molar-refractivity contribution < 1.29 is 14.3 Å². The van der Waals surface area contributed by atoms with E-state index in [9.17, 15) is 9.59 Å². The molecule has 3 nitrogen and oxygen atoms in total. The van der Waals surface area contributed by atoms with E-state index in [0.29, 0.717) is 17.7 Å². The minimum Gasteiger partial charge on any atom is -0.363 e. The van der Waals surface area contributed by atoms with Crippen LogP contribution in [0.25, 0.3) is 5.57 Å². The first kappa shape index (κ1) is 15.0. The molecule has 2 aromatic carbocycles.